The van der Waals surface area contributed by atoms with Crippen LogP contribution in [0.4, 0.5) is 3.89 Å². The Hall–Kier alpha value is -0.450. The van der Waals surface area contributed by atoms with Crippen molar-refractivity contribution in [2.45, 2.75) is 0 Å². The molecule has 1 rings (SSSR count). The first-order valence-electron chi connectivity index (χ1n) is 3.57. The maximum atomic E-state index is 11.6. The van der Waals surface area contributed by atoms with Crippen LogP contribution in [0.5, 0.6) is 0 Å². The van der Waals surface area contributed by atoms with Crippen LogP contribution in [0.3, 0.4) is 0 Å². The molecule has 0 aromatic heterocycles. The van der Waals surface area contributed by atoms with Crippen molar-refractivity contribution in [3.63, 3.8) is 0 Å². The van der Waals surface area contributed by atoms with E-state index in [4.69, 9.17) is 0 Å². The molecule has 0 fully saturated rings. The molecule has 0 unspecified atom stereocenters. The van der Waals surface area contributed by atoms with E-state index in [9.17, 15) is 3.89 Å². The maximum absolute atomic E-state index is 11.6. The molecule has 1 N–H and O–H groups in total. The Kier molecular flexibility index (Phi) is 3.48. The van der Waals surface area contributed by atoms with E-state index < -0.39 is 0 Å². The van der Waals surface area contributed by atoms with Crippen LogP contribution in [0.1, 0.15) is 0 Å². The number of nitrogens with one attached hydrogen (secondary N) is 1. The van der Waals surface area contributed by atoms with Crippen LogP contribution in [0.2, 0.25) is 0 Å². The zero-order valence-corrected chi connectivity index (χ0v) is 7.33. The van der Waals surface area contributed by atoms with Gasteiger partial charge in [0.2, 0.25) is 0 Å². The van der Waals surface area contributed by atoms with Crippen molar-refractivity contribution < 1.29 is 3.89 Å². The van der Waals surface area contributed by atoms with Gasteiger partial charge in [0, 0.05) is 38.0 Å². The van der Waals surface area contributed by atoms with Crippen molar-refractivity contribution in [2.24, 2.45) is 4.99 Å². The van der Waals surface area contributed by atoms with Gasteiger partial charge in [0.25, 0.3) is 0 Å². The van der Waals surface area contributed by atoms with Gasteiger partial charge in [-0.3, -0.25) is 4.99 Å². The Morgan fingerprint density at radius 2 is 2.64 bits per heavy atom. The molecule has 0 atom stereocenters. The number of hydrogen-bond acceptors (Lipinski definition) is 4. The highest BCUT2D eigenvalue weighted by Crippen LogP contribution is 1.98. The number of halogens is 1. The molecular weight excluding hydrogens is 165 g/mol. The molecule has 5 heteroatoms. The second kappa shape index (κ2) is 4.43. The van der Waals surface area contributed by atoms with E-state index in [1.165, 1.54) is 0 Å². The summed E-state index contributed by atoms with van der Waals surface area (Å²) < 4.78 is 11.6. The van der Waals surface area contributed by atoms with Gasteiger partial charge in [-0.2, -0.15) is 3.89 Å². The molecule has 0 bridgehead atoms. The van der Waals surface area contributed by atoms with Crippen LogP contribution < -0.4 is 5.32 Å². The van der Waals surface area contributed by atoms with Crippen LogP contribution in [0.15, 0.2) is 4.99 Å². The molecule has 0 aromatic rings. The van der Waals surface area contributed by atoms with Gasteiger partial charge in [-0.05, 0) is 0 Å². The molecule has 1 aliphatic heterocycles. The van der Waals surface area contributed by atoms with E-state index in [0.29, 0.717) is 24.4 Å². The summed E-state index contributed by atoms with van der Waals surface area (Å²) in [5, 5.41) is 3.05. The van der Waals surface area contributed by atoms with E-state index >= 15 is 0 Å². The largest absolute Gasteiger partial charge is 0.355 e. The molecule has 1 aliphatic rings. The summed E-state index contributed by atoms with van der Waals surface area (Å²) in [4.78, 5) is 6.22. The van der Waals surface area contributed by atoms with Crippen molar-refractivity contribution in [2.75, 3.05) is 32.4 Å². The highest BCUT2D eigenvalue weighted by molar-refractivity contribution is 7.94. The fourth-order valence-corrected chi connectivity index (χ4v) is 1.10. The van der Waals surface area contributed by atoms with Crippen molar-refractivity contribution in [1.82, 2.24) is 10.2 Å². The average Bonchev–Trinajstić information content (AvgIpc) is 2.37. The number of nitrogens with zero attached hydrogens (tertiary/aromatic N) is 2. The Labute approximate surface area is 70.3 Å². The molecule has 0 aromatic carbocycles. The number of rotatable bonds is 3. The molecule has 0 aliphatic carbocycles. The zero-order valence-electron chi connectivity index (χ0n) is 6.51. The van der Waals surface area contributed by atoms with E-state index in [0.717, 1.165) is 19.0 Å². The number of likely N-dealkylation sites (N-methyl/N-ethyl adjacent to an activating group) is 1. The van der Waals surface area contributed by atoms with E-state index in [1.54, 1.807) is 0 Å². The lowest BCUT2D eigenvalue weighted by molar-refractivity contribution is 0.536. The quantitative estimate of drug-likeness (QED) is 0.636. The van der Waals surface area contributed by atoms with Crippen LogP contribution in [-0.2, 0) is 0 Å². The second-order valence-electron chi connectivity index (χ2n) is 2.37. The molecule has 0 amide bonds. The third-order valence-electron chi connectivity index (χ3n) is 1.52. The minimum atomic E-state index is 0.350. The lowest BCUT2D eigenvalue weighted by Crippen LogP contribution is -2.36. The Morgan fingerprint density at radius 3 is 3.18 bits per heavy atom. The summed E-state index contributed by atoms with van der Waals surface area (Å²) in [6.45, 7) is 2.46. The highest BCUT2D eigenvalue weighted by atomic mass is 32.2. The fraction of sp³-hybridized carbons (Fsp3) is 0.833. The monoisotopic (exact) mass is 177 g/mol. The molecule has 11 heavy (non-hydrogen) atoms. The molecule has 64 valence electrons. The van der Waals surface area contributed by atoms with Gasteiger partial charge in [-0.1, -0.05) is 0 Å². The molecule has 0 radical (unpaired) electrons. The zero-order chi connectivity index (χ0) is 8.10. The SMILES string of the molecule is CN1CCN=C1NCCSF. The summed E-state index contributed by atoms with van der Waals surface area (Å²) in [6.07, 6.45) is 0. The van der Waals surface area contributed by atoms with Crippen LogP contribution in [0, 0.1) is 0 Å². The van der Waals surface area contributed by atoms with Gasteiger partial charge in [-0.25, -0.2) is 0 Å². The lowest BCUT2D eigenvalue weighted by atomic mass is 10.6. The lowest BCUT2D eigenvalue weighted by Gasteiger charge is -2.14. The minimum Gasteiger partial charge on any atom is -0.355 e. The molecule has 1 heterocycles. The summed E-state index contributed by atoms with van der Waals surface area (Å²) in [7, 11) is 1.97. The van der Waals surface area contributed by atoms with Crippen molar-refractivity contribution >= 4 is 18.1 Å². The van der Waals surface area contributed by atoms with Crippen molar-refractivity contribution in [3.05, 3.63) is 0 Å². The van der Waals surface area contributed by atoms with Crippen molar-refractivity contribution in [1.29, 1.82) is 0 Å². The van der Waals surface area contributed by atoms with E-state index in [-0.39, 0.29) is 0 Å². The van der Waals surface area contributed by atoms with Gasteiger partial charge in [0.1, 0.15) is 0 Å². The van der Waals surface area contributed by atoms with Gasteiger partial charge >= 0.3 is 0 Å². The van der Waals surface area contributed by atoms with Gasteiger partial charge in [0.15, 0.2) is 5.96 Å². The maximum Gasteiger partial charge on any atom is 0.193 e. The second-order valence-corrected chi connectivity index (χ2v) is 2.99. The number of hydrogen-bond donors (Lipinski definition) is 1. The Bertz CT molecular complexity index is 151. The molecule has 0 saturated carbocycles. The summed E-state index contributed by atoms with van der Waals surface area (Å²) >= 11 is 0.350. The van der Waals surface area contributed by atoms with Crippen LogP contribution in [0.25, 0.3) is 0 Å². The molecular formula is C6H12FN3S. The summed E-state index contributed by atoms with van der Waals surface area (Å²) in [5.41, 5.74) is 0. The minimum absolute atomic E-state index is 0.350. The summed E-state index contributed by atoms with van der Waals surface area (Å²) in [5.74, 6) is 1.37. The topological polar surface area (TPSA) is 27.6 Å². The fourth-order valence-electron chi connectivity index (χ4n) is 0.925. The number of aliphatic imine (C=N–C) groups is 1. The van der Waals surface area contributed by atoms with E-state index in [2.05, 4.69) is 10.3 Å². The normalized spacial score (nSPS) is 16.9. The van der Waals surface area contributed by atoms with Gasteiger partial charge in [-0.15, -0.1) is 0 Å². The Balaban J connectivity index is 2.15. The van der Waals surface area contributed by atoms with Crippen LogP contribution in [-0.4, -0.2) is 43.3 Å². The average molecular weight is 177 g/mol. The van der Waals surface area contributed by atoms with E-state index in [1.807, 2.05) is 11.9 Å². The predicted octanol–water partition coefficient (Wildman–Crippen LogP) is 0.495. The first kappa shape index (κ1) is 8.64. The van der Waals surface area contributed by atoms with Crippen molar-refractivity contribution in [3.8, 4) is 0 Å². The first-order valence-corrected chi connectivity index (χ1v) is 4.46. The Morgan fingerprint density at radius 1 is 1.82 bits per heavy atom. The van der Waals surface area contributed by atoms with Crippen LogP contribution >= 0.6 is 12.1 Å². The molecule has 0 spiro atoms. The third-order valence-corrected chi connectivity index (χ3v) is 1.88. The smallest absolute Gasteiger partial charge is 0.193 e. The standard InChI is InChI=1S/C6H12FN3S/c1-10-4-2-8-6(10)9-3-5-11-7/h2-5H2,1H3,(H,8,9). The highest BCUT2D eigenvalue weighted by Gasteiger charge is 2.10. The van der Waals surface area contributed by atoms with Gasteiger partial charge < -0.3 is 10.2 Å². The predicted molar refractivity (Wildman–Crippen MR) is 46.5 cm³/mol. The summed E-state index contributed by atoms with van der Waals surface area (Å²) in [6, 6.07) is 0. The van der Waals surface area contributed by atoms with Gasteiger partial charge in [0.05, 0.1) is 6.54 Å². The molecule has 3 nitrogen and oxygen atoms in total. The third kappa shape index (κ3) is 2.57. The molecule has 0 saturated heterocycles. The first-order chi connectivity index (χ1) is 5.34. The number of guanidine groups is 1.